The number of H-pyrrole nitrogens is 1. The molecule has 0 saturated heterocycles. The molecule has 2 aromatic rings. The lowest BCUT2D eigenvalue weighted by atomic mass is 10.1. The van der Waals surface area contributed by atoms with Gasteiger partial charge in [0, 0.05) is 24.2 Å². The summed E-state index contributed by atoms with van der Waals surface area (Å²) in [6.45, 7) is 4.27. The molecule has 3 nitrogen and oxygen atoms in total. The van der Waals surface area contributed by atoms with Crippen LogP contribution in [-0.2, 0) is 6.42 Å². The second kappa shape index (κ2) is 5.04. The number of hydrogen-bond acceptors (Lipinski definition) is 2. The van der Waals surface area contributed by atoms with Crippen molar-refractivity contribution in [1.82, 2.24) is 9.97 Å². The minimum absolute atomic E-state index is 0.444. The van der Waals surface area contributed by atoms with Crippen LogP contribution in [0.25, 0.3) is 0 Å². The standard InChI is InChI=1S/C14H18N2O/c1-10(2)14-15-9-12(16-14)8-11-4-6-13(17-3)7-5-11/h4-7,9-10H,8H2,1-3H3,(H,15,16). The maximum Gasteiger partial charge on any atom is 0.118 e. The first kappa shape index (κ1) is 11.7. The zero-order valence-electron chi connectivity index (χ0n) is 10.5. The molecule has 2 rings (SSSR count). The van der Waals surface area contributed by atoms with Gasteiger partial charge in [0.15, 0.2) is 0 Å². The molecule has 90 valence electrons. The lowest BCUT2D eigenvalue weighted by Gasteiger charge is -2.02. The van der Waals surface area contributed by atoms with Crippen LogP contribution in [-0.4, -0.2) is 17.1 Å². The molecule has 0 amide bonds. The first-order valence-corrected chi connectivity index (χ1v) is 5.85. The Morgan fingerprint density at radius 2 is 1.94 bits per heavy atom. The fraction of sp³-hybridized carbons (Fsp3) is 0.357. The molecule has 17 heavy (non-hydrogen) atoms. The Bertz CT molecular complexity index is 471. The summed E-state index contributed by atoms with van der Waals surface area (Å²) in [7, 11) is 1.68. The minimum Gasteiger partial charge on any atom is -0.497 e. The summed E-state index contributed by atoms with van der Waals surface area (Å²) in [4.78, 5) is 7.71. The summed E-state index contributed by atoms with van der Waals surface area (Å²) in [5, 5.41) is 0. The smallest absolute Gasteiger partial charge is 0.118 e. The molecule has 0 atom stereocenters. The molecule has 0 fully saturated rings. The minimum atomic E-state index is 0.444. The van der Waals surface area contributed by atoms with E-state index < -0.39 is 0 Å². The molecule has 0 aliphatic rings. The predicted molar refractivity (Wildman–Crippen MR) is 68.5 cm³/mol. The molecule has 0 bridgehead atoms. The van der Waals surface area contributed by atoms with Crippen LogP contribution in [0.2, 0.25) is 0 Å². The Morgan fingerprint density at radius 3 is 2.47 bits per heavy atom. The van der Waals surface area contributed by atoms with Gasteiger partial charge in [0.25, 0.3) is 0 Å². The average Bonchev–Trinajstić information content (AvgIpc) is 2.79. The Labute approximate surface area is 102 Å². The van der Waals surface area contributed by atoms with Gasteiger partial charge in [0.2, 0.25) is 0 Å². The number of hydrogen-bond donors (Lipinski definition) is 1. The number of imidazole rings is 1. The largest absolute Gasteiger partial charge is 0.497 e. The number of rotatable bonds is 4. The van der Waals surface area contributed by atoms with Gasteiger partial charge in [-0.1, -0.05) is 26.0 Å². The van der Waals surface area contributed by atoms with E-state index in [-0.39, 0.29) is 0 Å². The lowest BCUT2D eigenvalue weighted by molar-refractivity contribution is 0.414. The summed E-state index contributed by atoms with van der Waals surface area (Å²) in [5.41, 5.74) is 2.41. The number of nitrogens with one attached hydrogen (secondary N) is 1. The van der Waals surface area contributed by atoms with Gasteiger partial charge in [0.1, 0.15) is 11.6 Å². The van der Waals surface area contributed by atoms with Crippen molar-refractivity contribution in [2.45, 2.75) is 26.2 Å². The maximum atomic E-state index is 5.13. The molecule has 1 aromatic heterocycles. The monoisotopic (exact) mass is 230 g/mol. The Morgan fingerprint density at radius 1 is 1.24 bits per heavy atom. The molecule has 0 spiro atoms. The summed E-state index contributed by atoms with van der Waals surface area (Å²) >= 11 is 0. The van der Waals surface area contributed by atoms with Crippen molar-refractivity contribution >= 4 is 0 Å². The van der Waals surface area contributed by atoms with E-state index in [4.69, 9.17) is 4.74 Å². The van der Waals surface area contributed by atoms with E-state index in [1.165, 1.54) is 5.56 Å². The molecule has 0 aliphatic heterocycles. The van der Waals surface area contributed by atoms with Crippen molar-refractivity contribution < 1.29 is 4.74 Å². The van der Waals surface area contributed by atoms with Gasteiger partial charge in [-0.3, -0.25) is 0 Å². The van der Waals surface area contributed by atoms with E-state index in [1.807, 2.05) is 18.3 Å². The predicted octanol–water partition coefficient (Wildman–Crippen LogP) is 3.13. The fourth-order valence-corrected chi connectivity index (χ4v) is 1.72. The Balaban J connectivity index is 2.08. The number of nitrogens with zero attached hydrogens (tertiary/aromatic N) is 1. The van der Waals surface area contributed by atoms with Crippen LogP contribution >= 0.6 is 0 Å². The second-order valence-corrected chi connectivity index (χ2v) is 4.47. The van der Waals surface area contributed by atoms with E-state index in [1.54, 1.807) is 7.11 Å². The lowest BCUT2D eigenvalue weighted by Crippen LogP contribution is -1.92. The summed E-state index contributed by atoms with van der Waals surface area (Å²) < 4.78 is 5.13. The first-order valence-electron chi connectivity index (χ1n) is 5.85. The van der Waals surface area contributed by atoms with Crippen LogP contribution in [0.3, 0.4) is 0 Å². The molecule has 0 aliphatic carbocycles. The van der Waals surface area contributed by atoms with E-state index >= 15 is 0 Å². The van der Waals surface area contributed by atoms with Crippen LogP contribution in [0.5, 0.6) is 5.75 Å². The highest BCUT2D eigenvalue weighted by atomic mass is 16.5. The number of aromatic amines is 1. The third-order valence-corrected chi connectivity index (χ3v) is 2.75. The molecular formula is C14H18N2O. The van der Waals surface area contributed by atoms with Crippen LogP contribution in [0.4, 0.5) is 0 Å². The topological polar surface area (TPSA) is 37.9 Å². The third-order valence-electron chi connectivity index (χ3n) is 2.75. The van der Waals surface area contributed by atoms with E-state index in [0.717, 1.165) is 23.7 Å². The molecule has 3 heteroatoms. The Hall–Kier alpha value is -1.77. The molecule has 0 unspecified atom stereocenters. The van der Waals surface area contributed by atoms with Gasteiger partial charge in [-0.15, -0.1) is 0 Å². The average molecular weight is 230 g/mol. The first-order chi connectivity index (χ1) is 8.19. The van der Waals surface area contributed by atoms with Gasteiger partial charge in [-0.25, -0.2) is 4.98 Å². The summed E-state index contributed by atoms with van der Waals surface area (Å²) in [5.74, 6) is 2.38. The van der Waals surface area contributed by atoms with Crippen molar-refractivity contribution in [1.29, 1.82) is 0 Å². The highest BCUT2D eigenvalue weighted by Gasteiger charge is 2.05. The zero-order chi connectivity index (χ0) is 12.3. The van der Waals surface area contributed by atoms with Crippen LogP contribution in [0.1, 0.15) is 36.8 Å². The van der Waals surface area contributed by atoms with Crippen molar-refractivity contribution in [2.75, 3.05) is 7.11 Å². The second-order valence-electron chi connectivity index (χ2n) is 4.47. The van der Waals surface area contributed by atoms with E-state index in [2.05, 4.69) is 35.9 Å². The van der Waals surface area contributed by atoms with Crippen LogP contribution in [0, 0.1) is 0 Å². The van der Waals surface area contributed by atoms with Crippen molar-refractivity contribution in [2.24, 2.45) is 0 Å². The molecule has 0 saturated carbocycles. The highest BCUT2D eigenvalue weighted by molar-refractivity contribution is 5.29. The fourth-order valence-electron chi connectivity index (χ4n) is 1.72. The summed E-state index contributed by atoms with van der Waals surface area (Å²) in [6, 6.07) is 8.12. The quantitative estimate of drug-likeness (QED) is 0.876. The molecule has 1 heterocycles. The molecule has 0 radical (unpaired) electrons. The van der Waals surface area contributed by atoms with Gasteiger partial charge < -0.3 is 9.72 Å². The number of aromatic nitrogens is 2. The molecule has 1 aromatic carbocycles. The Kier molecular flexibility index (Phi) is 3.47. The maximum absolute atomic E-state index is 5.13. The number of methoxy groups -OCH3 is 1. The van der Waals surface area contributed by atoms with Gasteiger partial charge in [0.05, 0.1) is 7.11 Å². The highest BCUT2D eigenvalue weighted by Crippen LogP contribution is 2.15. The van der Waals surface area contributed by atoms with Gasteiger partial charge in [-0.2, -0.15) is 0 Å². The van der Waals surface area contributed by atoms with Crippen molar-refractivity contribution in [3.8, 4) is 5.75 Å². The molecular weight excluding hydrogens is 212 g/mol. The van der Waals surface area contributed by atoms with Gasteiger partial charge in [-0.05, 0) is 17.7 Å². The SMILES string of the molecule is COc1ccc(Cc2cnc(C(C)C)[nH]2)cc1. The van der Waals surface area contributed by atoms with Crippen molar-refractivity contribution in [3.05, 3.63) is 47.5 Å². The third kappa shape index (κ3) is 2.87. The number of benzene rings is 1. The molecule has 1 N–H and O–H groups in total. The van der Waals surface area contributed by atoms with Gasteiger partial charge >= 0.3 is 0 Å². The zero-order valence-corrected chi connectivity index (χ0v) is 10.5. The van der Waals surface area contributed by atoms with E-state index in [0.29, 0.717) is 5.92 Å². The van der Waals surface area contributed by atoms with E-state index in [9.17, 15) is 0 Å². The summed E-state index contributed by atoms with van der Waals surface area (Å²) in [6.07, 6.45) is 2.79. The van der Waals surface area contributed by atoms with Crippen LogP contribution < -0.4 is 4.74 Å². The number of ether oxygens (including phenoxy) is 1. The van der Waals surface area contributed by atoms with Crippen LogP contribution in [0.15, 0.2) is 30.5 Å². The normalized spacial score (nSPS) is 10.8. The van der Waals surface area contributed by atoms with Crippen molar-refractivity contribution in [3.63, 3.8) is 0 Å².